The Morgan fingerprint density at radius 1 is 0.900 bits per heavy atom. The third-order valence-corrected chi connectivity index (χ3v) is 15.4. The molecule has 6 rings (SSSR count). The van der Waals surface area contributed by atoms with Gasteiger partial charge in [0.25, 0.3) is 10.0 Å². The Morgan fingerprint density at radius 2 is 1.54 bits per heavy atom. The Morgan fingerprint density at radius 3 is 2.16 bits per heavy atom. The van der Waals surface area contributed by atoms with Crippen LogP contribution in [0.4, 0.5) is 10.5 Å². The minimum Gasteiger partial charge on any atom is -0.492 e. The molecule has 2 N–H and O–H groups in total. The number of H-pyrrole nitrogens is 1. The van der Waals surface area contributed by atoms with Crippen LogP contribution in [0, 0.1) is 45.3 Å². The average molecular weight is 985 g/mol. The molecule has 1 saturated heterocycles. The van der Waals surface area contributed by atoms with Crippen LogP contribution in [0.3, 0.4) is 0 Å². The van der Waals surface area contributed by atoms with Crippen molar-refractivity contribution in [2.75, 3.05) is 37.6 Å². The number of benzene rings is 2. The number of ether oxygens (including phenoxy) is 4. The van der Waals surface area contributed by atoms with Crippen molar-refractivity contribution in [3.63, 3.8) is 0 Å². The van der Waals surface area contributed by atoms with E-state index < -0.39 is 28.2 Å². The zero-order valence-electron chi connectivity index (χ0n) is 44.2. The van der Waals surface area contributed by atoms with E-state index in [4.69, 9.17) is 23.9 Å². The van der Waals surface area contributed by atoms with Gasteiger partial charge in [0.15, 0.2) is 11.5 Å². The maximum Gasteiger partial charge on any atom is 0.416 e. The molecule has 15 heteroatoms. The van der Waals surface area contributed by atoms with Crippen molar-refractivity contribution in [2.45, 2.75) is 164 Å². The molecule has 0 radical (unpaired) electrons. The molecule has 4 aromatic rings. The summed E-state index contributed by atoms with van der Waals surface area (Å²) in [5, 5.41) is 13.9. The van der Waals surface area contributed by atoms with Crippen LogP contribution >= 0.6 is 0 Å². The van der Waals surface area contributed by atoms with Gasteiger partial charge >= 0.3 is 12.1 Å². The molecule has 1 saturated carbocycles. The van der Waals surface area contributed by atoms with E-state index in [1.807, 2.05) is 6.07 Å². The first kappa shape index (κ1) is 54.3. The highest BCUT2D eigenvalue weighted by Crippen LogP contribution is 2.50. The fourth-order valence-electron chi connectivity index (χ4n) is 10.6. The van der Waals surface area contributed by atoms with Crippen LogP contribution < -0.4 is 14.2 Å². The van der Waals surface area contributed by atoms with Gasteiger partial charge in [-0.25, -0.2) is 27.5 Å². The fourth-order valence-corrected chi connectivity index (χ4v) is 11.9. The molecule has 0 spiro atoms. The molecule has 2 unspecified atom stereocenters. The largest absolute Gasteiger partial charge is 0.492 e. The van der Waals surface area contributed by atoms with Crippen LogP contribution in [0.2, 0.25) is 0 Å². The first-order valence-electron chi connectivity index (χ1n) is 25.4. The molecule has 2 fully saturated rings. The predicted octanol–water partition coefficient (Wildman–Crippen LogP) is 12.6. The Kier molecular flexibility index (Phi) is 16.8. The number of hydrogen-bond donors (Lipinski definition) is 2. The highest BCUT2D eigenvalue weighted by molar-refractivity contribution is 7.92. The Balaban J connectivity index is 1.39. The lowest BCUT2D eigenvalue weighted by molar-refractivity contribution is -0.0922. The highest BCUT2D eigenvalue weighted by Gasteiger charge is 2.49. The van der Waals surface area contributed by atoms with E-state index in [9.17, 15) is 23.3 Å². The smallest absolute Gasteiger partial charge is 0.416 e. The minimum absolute atomic E-state index is 0.00662. The standard InChI is InChI=1S/C55H80N6O8S/c1-14-15-16-17-18-19-27-67-43-24-23-38(55(12,13)35-52(3,4)5)33-44(43)70(64,65)59-39-22-20-21-37(32-39)47-57-48-45(40(34-56)49(61(48)58-47)69-51(63)60-25-28-66-29-26-60)50(62)68-46-41(53(6,7)8)30-36(2)31-42(46)54(9,10)11/h20-24,32-33,36,41-42,46,59H,14-19,25-31,35H2,1-13H3,(H,57,58). The first-order chi connectivity index (χ1) is 32.7. The van der Waals surface area contributed by atoms with Gasteiger partial charge in [-0.3, -0.25) is 9.82 Å². The van der Waals surface area contributed by atoms with Crippen molar-refractivity contribution < 1.29 is 37.0 Å². The number of carbonyl (C=O) groups excluding carboxylic acids is 2. The number of esters is 1. The minimum atomic E-state index is -4.22. The van der Waals surface area contributed by atoms with E-state index in [0.717, 1.165) is 50.5 Å². The van der Waals surface area contributed by atoms with Gasteiger partial charge in [-0.2, -0.15) is 5.26 Å². The van der Waals surface area contributed by atoms with Gasteiger partial charge in [-0.15, -0.1) is 0 Å². The molecule has 1 amide bonds. The lowest BCUT2D eigenvalue weighted by Gasteiger charge is -2.50. The molecule has 1 aliphatic heterocycles. The number of rotatable bonds is 17. The molecule has 2 atom stereocenters. The molecule has 2 aliphatic rings. The highest BCUT2D eigenvalue weighted by atomic mass is 32.2. The van der Waals surface area contributed by atoms with Crippen LogP contribution in [-0.4, -0.2) is 79.0 Å². The lowest BCUT2D eigenvalue weighted by atomic mass is 9.59. The summed E-state index contributed by atoms with van der Waals surface area (Å²) >= 11 is 0. The van der Waals surface area contributed by atoms with Crippen LogP contribution in [0.5, 0.6) is 11.6 Å². The van der Waals surface area contributed by atoms with Gasteiger partial charge in [0.05, 0.1) is 19.8 Å². The lowest BCUT2D eigenvalue weighted by Crippen LogP contribution is -2.49. The van der Waals surface area contributed by atoms with E-state index >= 15 is 0 Å². The molecule has 1 aliphatic carbocycles. The van der Waals surface area contributed by atoms with Gasteiger partial charge in [0.2, 0.25) is 5.88 Å². The summed E-state index contributed by atoms with van der Waals surface area (Å²) < 4.78 is 57.6. The van der Waals surface area contributed by atoms with Crippen LogP contribution in [0.25, 0.3) is 17.0 Å². The molecule has 3 heterocycles. The monoisotopic (exact) mass is 985 g/mol. The van der Waals surface area contributed by atoms with Crippen molar-refractivity contribution >= 4 is 33.4 Å². The summed E-state index contributed by atoms with van der Waals surface area (Å²) in [5.74, 6) is 0.0103. The van der Waals surface area contributed by atoms with Crippen molar-refractivity contribution in [1.82, 2.24) is 19.5 Å². The number of hydrogen-bond acceptors (Lipinski definition) is 10. The van der Waals surface area contributed by atoms with E-state index in [0.29, 0.717) is 31.3 Å². The fraction of sp³-hybridized carbons (Fsp3) is 0.636. The zero-order valence-corrected chi connectivity index (χ0v) is 45.0. The maximum atomic E-state index is 14.8. The van der Waals surface area contributed by atoms with E-state index in [2.05, 4.69) is 106 Å². The summed E-state index contributed by atoms with van der Waals surface area (Å²) in [4.78, 5) is 34.9. The first-order valence-corrected chi connectivity index (χ1v) is 26.9. The quantitative estimate of drug-likeness (QED) is 0.0764. The molecule has 0 bridgehead atoms. The number of nitrogens with one attached hydrogen (secondary N) is 2. The van der Waals surface area contributed by atoms with Gasteiger partial charge in [0, 0.05) is 36.2 Å². The van der Waals surface area contributed by atoms with Crippen LogP contribution in [0.15, 0.2) is 47.4 Å². The summed E-state index contributed by atoms with van der Waals surface area (Å²) in [7, 11) is -4.22. The topological polar surface area (TPSA) is 177 Å². The van der Waals surface area contributed by atoms with E-state index in [-0.39, 0.29) is 91.4 Å². The van der Waals surface area contributed by atoms with Crippen molar-refractivity contribution in [3.05, 3.63) is 59.2 Å². The number of nitrogens with zero attached hydrogens (tertiary/aromatic N) is 4. The molecule has 14 nitrogen and oxygen atoms in total. The molecule has 384 valence electrons. The number of amides is 1. The maximum absolute atomic E-state index is 14.8. The van der Waals surface area contributed by atoms with Crippen molar-refractivity contribution in [2.24, 2.45) is 34.0 Å². The average Bonchev–Trinajstić information content (AvgIpc) is 3.82. The van der Waals surface area contributed by atoms with Crippen molar-refractivity contribution in [3.8, 4) is 29.1 Å². The second kappa shape index (κ2) is 21.7. The summed E-state index contributed by atoms with van der Waals surface area (Å²) in [6.45, 7) is 29.8. The number of aromatic amines is 1. The van der Waals surface area contributed by atoms with Gasteiger partial charge in [-0.1, -0.05) is 140 Å². The van der Waals surface area contributed by atoms with Gasteiger partial charge in [-0.05, 0) is 83.1 Å². The van der Waals surface area contributed by atoms with Gasteiger partial charge in [0.1, 0.15) is 33.9 Å². The number of aromatic nitrogens is 3. The Bertz CT molecular complexity index is 2590. The number of sulfonamides is 1. The van der Waals surface area contributed by atoms with Crippen LogP contribution in [-0.2, 0) is 24.9 Å². The third kappa shape index (κ3) is 13.1. The zero-order chi connectivity index (χ0) is 51.4. The molecular weight excluding hydrogens is 905 g/mol. The molecular formula is C55H80N6O8S. The SMILES string of the molecule is CCCCCCCCOc1ccc(C(C)(C)CC(C)(C)C)cc1S(=O)(=O)Nc1cccc(-c2nc3c(C(=O)OC4C(C(C)(C)C)CC(C)CC4C(C)(C)C)c(C#N)c(OC(=O)N4CCOCC4)n3[nH]2)c1. The van der Waals surface area contributed by atoms with Crippen molar-refractivity contribution in [1.29, 1.82) is 5.26 Å². The second-order valence-electron chi connectivity index (χ2n) is 23.8. The number of nitriles is 1. The number of morpholine rings is 1. The summed E-state index contributed by atoms with van der Waals surface area (Å²) in [6.07, 6.45) is 7.81. The summed E-state index contributed by atoms with van der Waals surface area (Å²) in [5.41, 5.74) is 0.548. The third-order valence-electron chi connectivity index (χ3n) is 14.0. The molecule has 2 aromatic carbocycles. The molecule has 70 heavy (non-hydrogen) atoms. The number of carbonyl (C=O) groups is 2. The van der Waals surface area contributed by atoms with Gasteiger partial charge < -0.3 is 23.8 Å². The molecule has 2 aromatic heterocycles. The van der Waals surface area contributed by atoms with E-state index in [1.165, 1.54) is 22.3 Å². The second-order valence-corrected chi connectivity index (χ2v) is 25.5. The number of anilines is 1. The number of fused-ring (bicyclic) bond motifs is 1. The number of unbranched alkanes of at least 4 members (excludes halogenated alkanes) is 5. The van der Waals surface area contributed by atoms with Crippen LogP contribution in [0.1, 0.15) is 169 Å². The Labute approximate surface area is 417 Å². The normalized spacial score (nSPS) is 19.5. The van der Waals surface area contributed by atoms with E-state index in [1.54, 1.807) is 36.4 Å². The summed E-state index contributed by atoms with van der Waals surface area (Å²) in [6, 6.07) is 14.3. The predicted molar refractivity (Wildman–Crippen MR) is 275 cm³/mol. The Hall–Kier alpha value is -5.07.